The Kier molecular flexibility index (Phi) is 6.21. The number of hydrogen-bond acceptors (Lipinski definition) is 3. The molecule has 3 atom stereocenters. The minimum absolute atomic E-state index is 0.0717. The minimum Gasteiger partial charge on any atom is -0.339 e. The molecule has 4 rings (SSSR count). The van der Waals surface area contributed by atoms with Gasteiger partial charge in [-0.3, -0.25) is 4.79 Å². The van der Waals surface area contributed by atoms with Crippen LogP contribution in [-0.4, -0.2) is 67.0 Å². The fourth-order valence-corrected chi connectivity index (χ4v) is 5.64. The van der Waals surface area contributed by atoms with Crippen molar-refractivity contribution in [1.82, 2.24) is 20.4 Å². The van der Waals surface area contributed by atoms with Crippen molar-refractivity contribution >= 4 is 11.9 Å². The number of fused-ring (bicyclic) bond motifs is 1. The highest BCUT2D eigenvalue weighted by molar-refractivity contribution is 5.77. The quantitative estimate of drug-likeness (QED) is 0.791. The van der Waals surface area contributed by atoms with Crippen LogP contribution in [0.15, 0.2) is 0 Å². The standard InChI is InChI=1S/C21H36N4O2/c26-20(8-5-16-3-1-2-4-16)24-9-11-25(12-10-24)21(27)23-19-7-6-17-14-22-15-18(17)13-19/h16-19,22H,1-15H2,(H,23,27). The van der Waals surface area contributed by atoms with E-state index in [1.165, 1.54) is 32.1 Å². The van der Waals surface area contributed by atoms with E-state index in [0.717, 1.165) is 50.1 Å². The number of hydrogen-bond donors (Lipinski definition) is 2. The number of urea groups is 1. The lowest BCUT2D eigenvalue weighted by Crippen LogP contribution is -2.55. The molecule has 2 N–H and O–H groups in total. The number of amides is 3. The van der Waals surface area contributed by atoms with Crippen LogP contribution in [0.3, 0.4) is 0 Å². The van der Waals surface area contributed by atoms with Crippen molar-refractivity contribution in [3.63, 3.8) is 0 Å². The van der Waals surface area contributed by atoms with Gasteiger partial charge in [0.05, 0.1) is 0 Å². The fraction of sp³-hybridized carbons (Fsp3) is 0.905. The summed E-state index contributed by atoms with van der Waals surface area (Å²) in [6, 6.07) is 0.396. The van der Waals surface area contributed by atoms with Crippen LogP contribution in [0, 0.1) is 17.8 Å². The number of piperazine rings is 1. The fourth-order valence-electron chi connectivity index (χ4n) is 5.64. The van der Waals surface area contributed by atoms with Crippen LogP contribution in [0.4, 0.5) is 4.79 Å². The van der Waals surface area contributed by atoms with Gasteiger partial charge in [-0.15, -0.1) is 0 Å². The second kappa shape index (κ2) is 8.80. The highest BCUT2D eigenvalue weighted by atomic mass is 16.2. The molecule has 0 bridgehead atoms. The molecular weight excluding hydrogens is 340 g/mol. The normalized spacial score (nSPS) is 31.8. The van der Waals surface area contributed by atoms with Crippen LogP contribution in [0.5, 0.6) is 0 Å². The first-order chi connectivity index (χ1) is 13.2. The Morgan fingerprint density at radius 1 is 0.889 bits per heavy atom. The van der Waals surface area contributed by atoms with Crippen molar-refractivity contribution in [3.8, 4) is 0 Å². The maximum atomic E-state index is 12.6. The lowest BCUT2D eigenvalue weighted by molar-refractivity contribution is -0.132. The monoisotopic (exact) mass is 376 g/mol. The van der Waals surface area contributed by atoms with Gasteiger partial charge in [-0.25, -0.2) is 4.79 Å². The molecule has 2 saturated carbocycles. The smallest absolute Gasteiger partial charge is 0.317 e. The topological polar surface area (TPSA) is 64.7 Å². The Balaban J connectivity index is 1.16. The summed E-state index contributed by atoms with van der Waals surface area (Å²) >= 11 is 0. The van der Waals surface area contributed by atoms with Crippen molar-refractivity contribution in [2.75, 3.05) is 39.3 Å². The van der Waals surface area contributed by atoms with Crippen molar-refractivity contribution in [2.24, 2.45) is 17.8 Å². The number of carbonyl (C=O) groups excluding carboxylic acids is 2. The maximum absolute atomic E-state index is 12.6. The molecule has 4 aliphatic rings. The Hall–Kier alpha value is -1.30. The molecule has 0 aromatic heterocycles. The van der Waals surface area contributed by atoms with Crippen LogP contribution in [-0.2, 0) is 4.79 Å². The third-order valence-electron chi connectivity index (χ3n) is 7.44. The van der Waals surface area contributed by atoms with Crippen molar-refractivity contribution in [3.05, 3.63) is 0 Å². The van der Waals surface area contributed by atoms with Crippen LogP contribution in [0.25, 0.3) is 0 Å². The van der Waals surface area contributed by atoms with Crippen LogP contribution in [0.2, 0.25) is 0 Å². The first kappa shape index (κ1) is 19.0. The molecule has 3 amide bonds. The van der Waals surface area contributed by atoms with Gasteiger partial charge in [-0.2, -0.15) is 0 Å². The molecule has 0 aromatic carbocycles. The molecule has 2 saturated heterocycles. The third kappa shape index (κ3) is 4.76. The molecule has 6 heteroatoms. The Morgan fingerprint density at radius 2 is 1.59 bits per heavy atom. The summed E-state index contributed by atoms with van der Waals surface area (Å²) in [5.41, 5.74) is 0. The molecule has 27 heavy (non-hydrogen) atoms. The summed E-state index contributed by atoms with van der Waals surface area (Å²) < 4.78 is 0. The van der Waals surface area contributed by atoms with Crippen molar-refractivity contribution < 1.29 is 9.59 Å². The van der Waals surface area contributed by atoms with E-state index in [1.807, 2.05) is 9.80 Å². The third-order valence-corrected chi connectivity index (χ3v) is 7.44. The highest BCUT2D eigenvalue weighted by Crippen LogP contribution is 2.32. The van der Waals surface area contributed by atoms with Crippen molar-refractivity contribution in [1.29, 1.82) is 0 Å². The zero-order valence-electron chi connectivity index (χ0n) is 16.6. The van der Waals surface area contributed by atoms with E-state index in [1.54, 1.807) is 0 Å². The average Bonchev–Trinajstić information content (AvgIpc) is 3.37. The van der Waals surface area contributed by atoms with E-state index in [-0.39, 0.29) is 11.9 Å². The Labute approximate surface area is 163 Å². The molecule has 3 unspecified atom stereocenters. The van der Waals surface area contributed by atoms with E-state index in [2.05, 4.69) is 10.6 Å². The summed E-state index contributed by atoms with van der Waals surface area (Å²) in [4.78, 5) is 29.0. The van der Waals surface area contributed by atoms with E-state index < -0.39 is 0 Å². The predicted octanol–water partition coefficient (Wildman–Crippen LogP) is 2.20. The Bertz CT molecular complexity index is 526. The van der Waals surface area contributed by atoms with Gasteiger partial charge >= 0.3 is 6.03 Å². The van der Waals surface area contributed by atoms with Gasteiger partial charge in [0.25, 0.3) is 0 Å². The number of carbonyl (C=O) groups is 2. The van der Waals surface area contributed by atoms with Gasteiger partial charge in [0.1, 0.15) is 0 Å². The lowest BCUT2D eigenvalue weighted by Gasteiger charge is -2.37. The first-order valence-electron chi connectivity index (χ1n) is 11.2. The zero-order valence-corrected chi connectivity index (χ0v) is 16.6. The van der Waals surface area contributed by atoms with E-state index >= 15 is 0 Å². The van der Waals surface area contributed by atoms with Gasteiger partial charge in [0.2, 0.25) is 5.91 Å². The van der Waals surface area contributed by atoms with Crippen LogP contribution >= 0.6 is 0 Å². The number of nitrogens with zero attached hydrogens (tertiary/aromatic N) is 2. The molecule has 0 radical (unpaired) electrons. The summed E-state index contributed by atoms with van der Waals surface area (Å²) in [6.45, 7) is 4.98. The average molecular weight is 377 g/mol. The highest BCUT2D eigenvalue weighted by Gasteiger charge is 2.35. The molecule has 0 spiro atoms. The molecular formula is C21H36N4O2. The second-order valence-corrected chi connectivity index (χ2v) is 9.19. The second-order valence-electron chi connectivity index (χ2n) is 9.19. The Morgan fingerprint density at radius 3 is 2.37 bits per heavy atom. The molecule has 2 heterocycles. The predicted molar refractivity (Wildman–Crippen MR) is 105 cm³/mol. The number of rotatable bonds is 4. The SMILES string of the molecule is O=C(CCC1CCCC1)N1CCN(C(=O)NC2CCC3CNCC3C2)CC1. The van der Waals surface area contributed by atoms with Crippen LogP contribution in [0.1, 0.15) is 57.8 Å². The summed E-state index contributed by atoms with van der Waals surface area (Å²) in [7, 11) is 0. The van der Waals surface area contributed by atoms with Gasteiger partial charge in [0.15, 0.2) is 0 Å². The van der Waals surface area contributed by atoms with Gasteiger partial charge in [-0.05, 0) is 56.5 Å². The van der Waals surface area contributed by atoms with E-state index in [0.29, 0.717) is 38.6 Å². The maximum Gasteiger partial charge on any atom is 0.317 e. The largest absolute Gasteiger partial charge is 0.339 e. The number of nitrogens with one attached hydrogen (secondary N) is 2. The molecule has 152 valence electrons. The zero-order chi connectivity index (χ0) is 18.6. The molecule has 2 aliphatic carbocycles. The van der Waals surface area contributed by atoms with Crippen molar-refractivity contribution in [2.45, 2.75) is 63.8 Å². The molecule has 2 aliphatic heterocycles. The minimum atomic E-state index is 0.0717. The summed E-state index contributed by atoms with van der Waals surface area (Å²) in [6.07, 6.45) is 10.5. The van der Waals surface area contributed by atoms with Gasteiger partial charge < -0.3 is 20.4 Å². The summed E-state index contributed by atoms with van der Waals surface area (Å²) in [5.74, 6) is 2.61. The summed E-state index contributed by atoms with van der Waals surface area (Å²) in [5, 5.41) is 6.75. The van der Waals surface area contributed by atoms with E-state index in [9.17, 15) is 9.59 Å². The van der Waals surface area contributed by atoms with E-state index in [4.69, 9.17) is 0 Å². The molecule has 4 fully saturated rings. The lowest BCUT2D eigenvalue weighted by atomic mass is 9.79. The molecule has 6 nitrogen and oxygen atoms in total. The molecule has 0 aromatic rings. The van der Waals surface area contributed by atoms with Gasteiger partial charge in [0, 0.05) is 38.6 Å². The van der Waals surface area contributed by atoms with Gasteiger partial charge in [-0.1, -0.05) is 25.7 Å². The first-order valence-corrected chi connectivity index (χ1v) is 11.2. The van der Waals surface area contributed by atoms with Crippen LogP contribution < -0.4 is 10.6 Å².